The van der Waals surface area contributed by atoms with E-state index in [0.717, 1.165) is 14.4 Å². The molecule has 2 aromatic carbocycles. The molecule has 3 aromatic rings. The topological polar surface area (TPSA) is 102 Å². The van der Waals surface area contributed by atoms with E-state index in [9.17, 15) is 18.0 Å². The lowest BCUT2D eigenvalue weighted by Crippen LogP contribution is -2.23. The number of nitrogens with one attached hydrogen (secondary N) is 1. The molecule has 0 saturated heterocycles. The highest BCUT2D eigenvalue weighted by atomic mass is 32.2. The molecule has 1 heterocycles. The smallest absolute Gasteiger partial charge is 0.348 e. The molecular formula is C20H20N2O6S2. The highest BCUT2D eigenvalue weighted by Gasteiger charge is 2.24. The molecule has 3 rings (SSSR count). The molecule has 10 heteroatoms. The first-order valence-corrected chi connectivity index (χ1v) is 11.0. The van der Waals surface area contributed by atoms with Crippen LogP contribution in [0.25, 0.3) is 10.1 Å². The van der Waals surface area contributed by atoms with Crippen LogP contribution in [0.1, 0.15) is 20.0 Å². The van der Waals surface area contributed by atoms with E-state index in [4.69, 9.17) is 9.47 Å². The van der Waals surface area contributed by atoms with Gasteiger partial charge in [-0.2, -0.15) is 0 Å². The van der Waals surface area contributed by atoms with Crippen molar-refractivity contribution in [1.82, 2.24) is 4.31 Å². The zero-order valence-corrected chi connectivity index (χ0v) is 18.4. The Morgan fingerprint density at radius 3 is 2.40 bits per heavy atom. The van der Waals surface area contributed by atoms with Crippen LogP contribution in [-0.4, -0.2) is 52.9 Å². The van der Waals surface area contributed by atoms with Crippen LogP contribution >= 0.6 is 11.3 Å². The number of sulfonamides is 1. The second-order valence-electron chi connectivity index (χ2n) is 6.46. The molecule has 0 aliphatic heterocycles. The summed E-state index contributed by atoms with van der Waals surface area (Å²) < 4.78 is 36.9. The van der Waals surface area contributed by atoms with E-state index < -0.39 is 21.9 Å². The fraction of sp³-hybridized carbons (Fsp3) is 0.200. The molecule has 0 fully saturated rings. The first kappa shape index (κ1) is 21.8. The second-order valence-corrected chi connectivity index (χ2v) is 9.67. The number of carbonyl (C=O) groups excluding carboxylic acids is 2. The summed E-state index contributed by atoms with van der Waals surface area (Å²) in [5.41, 5.74) is 0.673. The molecule has 0 aliphatic rings. The van der Waals surface area contributed by atoms with Crippen LogP contribution in [0.15, 0.2) is 47.4 Å². The van der Waals surface area contributed by atoms with Gasteiger partial charge in [0.05, 0.1) is 14.2 Å². The Balaban J connectivity index is 1.91. The number of methoxy groups -OCH3 is 2. The summed E-state index contributed by atoms with van der Waals surface area (Å²) in [5, 5.41) is 3.53. The normalized spacial score (nSPS) is 11.5. The fourth-order valence-corrected chi connectivity index (χ4v) is 4.78. The van der Waals surface area contributed by atoms with Gasteiger partial charge in [0.25, 0.3) is 5.91 Å². The van der Waals surface area contributed by atoms with E-state index >= 15 is 0 Å². The number of ether oxygens (including phenoxy) is 2. The van der Waals surface area contributed by atoms with E-state index in [2.05, 4.69) is 5.32 Å². The van der Waals surface area contributed by atoms with E-state index in [-0.39, 0.29) is 16.2 Å². The van der Waals surface area contributed by atoms with Gasteiger partial charge in [0.2, 0.25) is 10.0 Å². The largest absolute Gasteiger partial charge is 0.495 e. The van der Waals surface area contributed by atoms with Gasteiger partial charge in [0, 0.05) is 30.0 Å². The van der Waals surface area contributed by atoms with Crippen LogP contribution in [0.5, 0.6) is 5.75 Å². The Labute approximate surface area is 178 Å². The van der Waals surface area contributed by atoms with Gasteiger partial charge in [-0.3, -0.25) is 4.79 Å². The summed E-state index contributed by atoms with van der Waals surface area (Å²) in [5.74, 6) is -0.749. The van der Waals surface area contributed by atoms with Gasteiger partial charge in [-0.25, -0.2) is 17.5 Å². The number of nitrogens with zero attached hydrogens (tertiary/aromatic N) is 1. The minimum atomic E-state index is -3.80. The average molecular weight is 449 g/mol. The van der Waals surface area contributed by atoms with Crippen molar-refractivity contribution in [3.05, 3.63) is 52.9 Å². The van der Waals surface area contributed by atoms with Crippen molar-refractivity contribution in [1.29, 1.82) is 0 Å². The molecule has 1 aromatic heterocycles. The van der Waals surface area contributed by atoms with Gasteiger partial charge in [-0.15, -0.1) is 11.3 Å². The molecule has 158 valence electrons. The van der Waals surface area contributed by atoms with Gasteiger partial charge < -0.3 is 14.8 Å². The first-order chi connectivity index (χ1) is 14.2. The van der Waals surface area contributed by atoms with E-state index in [1.807, 2.05) is 0 Å². The van der Waals surface area contributed by atoms with E-state index in [0.29, 0.717) is 10.6 Å². The molecule has 0 saturated carbocycles. The van der Waals surface area contributed by atoms with E-state index in [1.165, 1.54) is 57.9 Å². The first-order valence-electron chi connectivity index (χ1n) is 8.71. The lowest BCUT2D eigenvalue weighted by atomic mass is 10.2. The van der Waals surface area contributed by atoms with Crippen LogP contribution in [0.2, 0.25) is 0 Å². The molecular weight excluding hydrogens is 428 g/mol. The summed E-state index contributed by atoms with van der Waals surface area (Å²) >= 11 is 1.29. The van der Waals surface area contributed by atoms with Gasteiger partial charge in [-0.1, -0.05) is 0 Å². The van der Waals surface area contributed by atoms with E-state index in [1.54, 1.807) is 24.3 Å². The molecule has 1 N–H and O–H groups in total. The van der Waals surface area contributed by atoms with Crippen molar-refractivity contribution in [2.24, 2.45) is 0 Å². The number of hydrogen-bond acceptors (Lipinski definition) is 7. The standard InChI is InChI=1S/C20H20N2O6S2/c1-22(2)30(25,26)18-11-12(5-7-15(18)27-3)19(23)21-14-6-8-16-13(9-14)10-17(29-16)20(24)28-4/h5-11H,1-4H3,(H,21,23). The number of esters is 1. The maximum absolute atomic E-state index is 12.7. The summed E-state index contributed by atoms with van der Waals surface area (Å²) in [4.78, 5) is 24.8. The van der Waals surface area contributed by atoms with Crippen molar-refractivity contribution in [2.45, 2.75) is 4.90 Å². The molecule has 0 atom stereocenters. The zero-order chi connectivity index (χ0) is 22.1. The Morgan fingerprint density at radius 1 is 1.03 bits per heavy atom. The Morgan fingerprint density at radius 2 is 1.77 bits per heavy atom. The summed E-state index contributed by atoms with van der Waals surface area (Å²) in [6.07, 6.45) is 0. The zero-order valence-electron chi connectivity index (χ0n) is 16.8. The highest BCUT2D eigenvalue weighted by Crippen LogP contribution is 2.30. The number of anilines is 1. The van der Waals surface area contributed by atoms with Crippen LogP contribution in [0.3, 0.4) is 0 Å². The Kier molecular flexibility index (Phi) is 6.11. The quantitative estimate of drug-likeness (QED) is 0.581. The summed E-state index contributed by atoms with van der Waals surface area (Å²) in [6, 6.07) is 11.1. The average Bonchev–Trinajstić information content (AvgIpc) is 3.15. The lowest BCUT2D eigenvalue weighted by Gasteiger charge is -2.15. The van der Waals surface area contributed by atoms with Crippen LogP contribution < -0.4 is 10.1 Å². The molecule has 1 amide bonds. The van der Waals surface area contributed by atoms with Gasteiger partial charge in [0.1, 0.15) is 15.5 Å². The Hall–Kier alpha value is -2.95. The minimum Gasteiger partial charge on any atom is -0.495 e. The molecule has 30 heavy (non-hydrogen) atoms. The number of benzene rings is 2. The van der Waals surface area contributed by atoms with Crippen LogP contribution in [0.4, 0.5) is 5.69 Å². The number of amides is 1. The number of hydrogen-bond donors (Lipinski definition) is 1. The third-order valence-corrected chi connectivity index (χ3v) is 7.28. The predicted octanol–water partition coefficient (Wildman–Crippen LogP) is 3.20. The van der Waals surface area contributed by atoms with Crippen LogP contribution in [-0.2, 0) is 14.8 Å². The maximum atomic E-state index is 12.7. The second kappa shape index (κ2) is 8.42. The molecule has 0 aliphatic carbocycles. The third kappa shape index (κ3) is 4.16. The number of fused-ring (bicyclic) bond motifs is 1. The molecule has 0 unspecified atom stereocenters. The van der Waals surface area contributed by atoms with Gasteiger partial charge in [0.15, 0.2) is 0 Å². The Bertz CT molecular complexity index is 1230. The number of carbonyl (C=O) groups is 2. The summed E-state index contributed by atoms with van der Waals surface area (Å²) in [6.45, 7) is 0. The van der Waals surface area contributed by atoms with Crippen LogP contribution in [0, 0.1) is 0 Å². The molecule has 8 nitrogen and oxygen atoms in total. The van der Waals surface area contributed by atoms with Gasteiger partial charge in [-0.05, 0) is 47.9 Å². The third-order valence-electron chi connectivity index (χ3n) is 4.35. The van der Waals surface area contributed by atoms with Crippen molar-refractivity contribution in [3.63, 3.8) is 0 Å². The molecule has 0 bridgehead atoms. The lowest BCUT2D eigenvalue weighted by molar-refractivity contribution is 0.0606. The minimum absolute atomic E-state index is 0.0985. The van der Waals surface area contributed by atoms with Crippen molar-refractivity contribution in [3.8, 4) is 5.75 Å². The number of rotatable bonds is 6. The fourth-order valence-electron chi connectivity index (χ4n) is 2.74. The van der Waals surface area contributed by atoms with Crippen molar-refractivity contribution < 1.29 is 27.5 Å². The summed E-state index contributed by atoms with van der Waals surface area (Å²) in [7, 11) is 1.69. The monoisotopic (exact) mass is 448 g/mol. The van der Waals surface area contributed by atoms with Crippen molar-refractivity contribution in [2.75, 3.05) is 33.6 Å². The predicted molar refractivity (Wildman–Crippen MR) is 115 cm³/mol. The number of thiophene rings is 1. The molecule has 0 radical (unpaired) electrons. The highest BCUT2D eigenvalue weighted by molar-refractivity contribution is 7.89. The van der Waals surface area contributed by atoms with Crippen molar-refractivity contribution >= 4 is 49.0 Å². The van der Waals surface area contributed by atoms with Gasteiger partial charge >= 0.3 is 5.97 Å². The maximum Gasteiger partial charge on any atom is 0.348 e. The molecule has 0 spiro atoms. The SMILES string of the molecule is COC(=O)c1cc2cc(NC(=O)c3ccc(OC)c(S(=O)(=O)N(C)C)c3)ccc2s1.